The van der Waals surface area contributed by atoms with E-state index in [1.807, 2.05) is 12.2 Å². The zero-order chi connectivity index (χ0) is 25.0. The standard InChI is InChI=1S/C37H30/c1-2-3-6-18-31-26-36(32-20-11-12-21-34(32)37(31)29-16-9-5-10-17-29)33-22-13-19-28-23-24-30(25-35(28)33)27-14-7-4-8-15-27/h2-9,11-16,18-25H,1,10,17,26H2/b6-3-,31-18+. The number of rotatable bonds is 5. The fraction of sp³-hybridized carbons (Fsp3) is 0.0811. The molecule has 37 heavy (non-hydrogen) atoms. The van der Waals surface area contributed by atoms with E-state index in [9.17, 15) is 0 Å². The molecular formula is C37H30. The Bertz CT molecular complexity index is 1740. The molecule has 2 aliphatic rings. The summed E-state index contributed by atoms with van der Waals surface area (Å²) in [6.07, 6.45) is 18.1. The third-order valence-corrected chi connectivity index (χ3v) is 7.40. The zero-order valence-electron chi connectivity index (χ0n) is 21.0. The van der Waals surface area contributed by atoms with Crippen molar-refractivity contribution in [3.63, 3.8) is 0 Å². The molecule has 0 nitrogen and oxygen atoms in total. The lowest BCUT2D eigenvalue weighted by Crippen LogP contribution is -2.34. The van der Waals surface area contributed by atoms with Crippen molar-refractivity contribution >= 4 is 21.9 Å². The average Bonchev–Trinajstić information content (AvgIpc) is 2.97. The van der Waals surface area contributed by atoms with Crippen LogP contribution in [0.4, 0.5) is 0 Å². The topological polar surface area (TPSA) is 0 Å². The molecule has 0 heteroatoms. The highest BCUT2D eigenvalue weighted by Crippen LogP contribution is 2.37. The second kappa shape index (κ2) is 10.3. The molecule has 0 N–H and O–H groups in total. The van der Waals surface area contributed by atoms with E-state index >= 15 is 0 Å². The van der Waals surface area contributed by atoms with Gasteiger partial charge in [-0.2, -0.15) is 0 Å². The molecule has 0 bridgehead atoms. The van der Waals surface area contributed by atoms with Crippen LogP contribution < -0.4 is 10.4 Å². The van der Waals surface area contributed by atoms with E-state index in [0.29, 0.717) is 0 Å². The summed E-state index contributed by atoms with van der Waals surface area (Å²) in [5.41, 5.74) is 9.39. The molecule has 6 rings (SSSR count). The van der Waals surface area contributed by atoms with Crippen LogP contribution in [0.2, 0.25) is 0 Å². The molecule has 0 spiro atoms. The van der Waals surface area contributed by atoms with E-state index in [4.69, 9.17) is 0 Å². The summed E-state index contributed by atoms with van der Waals surface area (Å²) in [6, 6.07) is 33.2. The first kappa shape index (κ1) is 23.0. The fourth-order valence-electron chi connectivity index (χ4n) is 5.68. The third kappa shape index (κ3) is 4.47. The Morgan fingerprint density at radius 1 is 0.730 bits per heavy atom. The van der Waals surface area contributed by atoms with Gasteiger partial charge in [-0.15, -0.1) is 0 Å². The van der Waals surface area contributed by atoms with Gasteiger partial charge in [-0.3, -0.25) is 0 Å². The minimum absolute atomic E-state index is 0.892. The van der Waals surface area contributed by atoms with Gasteiger partial charge in [0, 0.05) is 0 Å². The molecule has 4 aromatic rings. The van der Waals surface area contributed by atoms with Crippen LogP contribution in [-0.4, -0.2) is 0 Å². The summed E-state index contributed by atoms with van der Waals surface area (Å²) in [6.45, 7) is 3.87. The summed E-state index contributed by atoms with van der Waals surface area (Å²) in [4.78, 5) is 0. The average molecular weight is 475 g/mol. The lowest BCUT2D eigenvalue weighted by atomic mass is 9.80. The number of fused-ring (bicyclic) bond motifs is 2. The van der Waals surface area contributed by atoms with Gasteiger partial charge in [0.05, 0.1) is 0 Å². The minimum atomic E-state index is 0.892. The highest BCUT2D eigenvalue weighted by molar-refractivity contribution is 5.98. The molecule has 0 radical (unpaired) electrons. The Morgan fingerprint density at radius 2 is 1.57 bits per heavy atom. The predicted molar refractivity (Wildman–Crippen MR) is 159 cm³/mol. The molecule has 0 heterocycles. The zero-order valence-corrected chi connectivity index (χ0v) is 21.0. The number of benzene rings is 4. The molecular weight excluding hydrogens is 444 g/mol. The second-order valence-corrected chi connectivity index (χ2v) is 9.65. The normalized spacial score (nSPS) is 16.3. The molecule has 2 aliphatic carbocycles. The molecule has 178 valence electrons. The first-order valence-electron chi connectivity index (χ1n) is 13.1. The van der Waals surface area contributed by atoms with Crippen molar-refractivity contribution in [2.24, 2.45) is 0 Å². The summed E-state index contributed by atoms with van der Waals surface area (Å²) in [5, 5.41) is 5.25. The maximum Gasteiger partial charge on any atom is -0.000718 e. The van der Waals surface area contributed by atoms with Gasteiger partial charge >= 0.3 is 0 Å². The van der Waals surface area contributed by atoms with Gasteiger partial charge in [-0.1, -0.05) is 134 Å². The van der Waals surface area contributed by atoms with Crippen LogP contribution in [0.25, 0.3) is 33.0 Å². The van der Waals surface area contributed by atoms with Gasteiger partial charge in [0.15, 0.2) is 0 Å². The van der Waals surface area contributed by atoms with E-state index < -0.39 is 0 Å². The van der Waals surface area contributed by atoms with Crippen molar-refractivity contribution in [3.05, 3.63) is 167 Å². The van der Waals surface area contributed by atoms with E-state index in [2.05, 4.69) is 128 Å². The van der Waals surface area contributed by atoms with E-state index in [1.165, 1.54) is 60.2 Å². The summed E-state index contributed by atoms with van der Waals surface area (Å²) in [5.74, 6) is 0. The highest BCUT2D eigenvalue weighted by atomic mass is 14.2. The highest BCUT2D eigenvalue weighted by Gasteiger charge is 2.21. The summed E-state index contributed by atoms with van der Waals surface area (Å²) < 4.78 is 0. The Labute approximate surface area is 219 Å². The summed E-state index contributed by atoms with van der Waals surface area (Å²) >= 11 is 0. The first-order chi connectivity index (χ1) is 18.3. The van der Waals surface area contributed by atoms with Crippen LogP contribution in [0.3, 0.4) is 0 Å². The molecule has 0 atom stereocenters. The van der Waals surface area contributed by atoms with Gasteiger partial charge in [-0.25, -0.2) is 0 Å². The van der Waals surface area contributed by atoms with Crippen LogP contribution in [-0.2, 0) is 0 Å². The molecule has 0 aromatic heterocycles. The Hall–Kier alpha value is -4.42. The number of hydrogen-bond donors (Lipinski definition) is 0. The van der Waals surface area contributed by atoms with Crippen LogP contribution in [0.5, 0.6) is 0 Å². The molecule has 0 fully saturated rings. The molecule has 0 amide bonds. The van der Waals surface area contributed by atoms with Crippen molar-refractivity contribution in [2.45, 2.75) is 19.3 Å². The lowest BCUT2D eigenvalue weighted by Gasteiger charge is -2.24. The van der Waals surface area contributed by atoms with Crippen molar-refractivity contribution in [3.8, 4) is 11.1 Å². The van der Waals surface area contributed by atoms with Gasteiger partial charge in [-0.05, 0) is 85.5 Å². The Balaban J connectivity index is 1.65. The van der Waals surface area contributed by atoms with Crippen molar-refractivity contribution < 1.29 is 0 Å². The predicted octanol–water partition coefficient (Wildman–Crippen LogP) is 8.21. The molecule has 0 saturated carbocycles. The summed E-state index contributed by atoms with van der Waals surface area (Å²) in [7, 11) is 0. The smallest absolute Gasteiger partial charge is 0.000718 e. The van der Waals surface area contributed by atoms with Gasteiger partial charge in [0.2, 0.25) is 0 Å². The van der Waals surface area contributed by atoms with Crippen molar-refractivity contribution in [1.82, 2.24) is 0 Å². The van der Waals surface area contributed by atoms with Crippen LogP contribution in [0.15, 0.2) is 151 Å². The van der Waals surface area contributed by atoms with Gasteiger partial charge in [0.25, 0.3) is 0 Å². The lowest BCUT2D eigenvalue weighted by molar-refractivity contribution is 0.987. The quantitative estimate of drug-likeness (QED) is 0.256. The maximum absolute atomic E-state index is 3.87. The van der Waals surface area contributed by atoms with Crippen LogP contribution in [0.1, 0.15) is 24.8 Å². The second-order valence-electron chi connectivity index (χ2n) is 9.65. The van der Waals surface area contributed by atoms with Crippen LogP contribution in [0, 0.1) is 0 Å². The van der Waals surface area contributed by atoms with Gasteiger partial charge < -0.3 is 0 Å². The van der Waals surface area contributed by atoms with Gasteiger partial charge in [0.1, 0.15) is 0 Å². The van der Waals surface area contributed by atoms with E-state index in [1.54, 1.807) is 0 Å². The molecule has 0 aliphatic heterocycles. The molecule has 0 saturated heterocycles. The van der Waals surface area contributed by atoms with Crippen LogP contribution >= 0.6 is 0 Å². The molecule has 4 aromatic carbocycles. The van der Waals surface area contributed by atoms with E-state index in [0.717, 1.165) is 19.3 Å². The number of allylic oxidation sites excluding steroid dienone is 9. The molecule has 0 unspecified atom stereocenters. The Kier molecular flexibility index (Phi) is 6.40. The van der Waals surface area contributed by atoms with E-state index in [-0.39, 0.29) is 0 Å². The first-order valence-corrected chi connectivity index (χ1v) is 13.1. The third-order valence-electron chi connectivity index (χ3n) is 7.40. The van der Waals surface area contributed by atoms with Crippen molar-refractivity contribution in [1.29, 1.82) is 0 Å². The minimum Gasteiger partial charge on any atom is -0.0991 e. The SMILES string of the molecule is C=C/C=C\C=C1/CC(c2cccc3ccc(-c4ccccc4)cc23)=c2ccccc2=C1C1=CC=CCC1. The monoisotopic (exact) mass is 474 g/mol. The van der Waals surface area contributed by atoms with Crippen molar-refractivity contribution in [2.75, 3.05) is 0 Å². The largest absolute Gasteiger partial charge is 0.0991 e. The fourth-order valence-corrected chi connectivity index (χ4v) is 5.68. The Morgan fingerprint density at radius 3 is 2.38 bits per heavy atom. The maximum atomic E-state index is 3.87. The number of hydrogen-bond acceptors (Lipinski definition) is 0.